The van der Waals surface area contributed by atoms with Crippen molar-refractivity contribution in [2.75, 3.05) is 18.5 Å². The molecule has 0 saturated carbocycles. The smallest absolute Gasteiger partial charge is 0.268 e. The van der Waals surface area contributed by atoms with Crippen LogP contribution in [0.4, 0.5) is 14.6 Å². The number of benzene rings is 1. The Morgan fingerprint density at radius 3 is 2.83 bits per heavy atom. The highest BCUT2D eigenvalue weighted by molar-refractivity contribution is 7.98. The number of aliphatic hydroxyl groups is 1. The van der Waals surface area contributed by atoms with Gasteiger partial charge in [-0.15, -0.1) is 0 Å². The number of hydrogen-bond acceptors (Lipinski definition) is 7. The number of rotatable bonds is 8. The topological polar surface area (TPSA) is 104 Å². The number of aliphatic hydroxyl groups excluding tert-OH is 1. The quantitative estimate of drug-likeness (QED) is 0.379. The van der Waals surface area contributed by atoms with Crippen LogP contribution < -0.4 is 10.9 Å². The van der Waals surface area contributed by atoms with E-state index >= 15 is 0 Å². The maximum Gasteiger partial charge on any atom is 0.268 e. The number of aromatic amines is 1. The number of anilines is 1. The second-order valence-corrected chi connectivity index (χ2v) is 8.23. The molecule has 0 fully saturated rings. The van der Waals surface area contributed by atoms with Gasteiger partial charge in [0, 0.05) is 24.5 Å². The van der Waals surface area contributed by atoms with Gasteiger partial charge in [0.25, 0.3) is 5.56 Å². The minimum atomic E-state index is -0.912. The van der Waals surface area contributed by atoms with Crippen LogP contribution >= 0.6 is 11.8 Å². The Kier molecular flexibility index (Phi) is 6.43. The first-order valence-electron chi connectivity index (χ1n) is 8.96. The third-order valence-electron chi connectivity index (χ3n) is 4.33. The molecule has 0 saturated heterocycles. The van der Waals surface area contributed by atoms with E-state index in [9.17, 15) is 18.7 Å². The summed E-state index contributed by atoms with van der Waals surface area (Å²) in [4.78, 5) is 27.1. The summed E-state index contributed by atoms with van der Waals surface area (Å²) < 4.78 is 27.3. The number of hydrogen-bond donors (Lipinski definition) is 3. The molecule has 1 aromatic carbocycles. The minimum absolute atomic E-state index is 0.0606. The number of H-pyrrole nitrogens is 1. The first-order chi connectivity index (χ1) is 13.8. The fourth-order valence-electron chi connectivity index (χ4n) is 2.62. The molecule has 0 bridgehead atoms. The maximum absolute atomic E-state index is 13.9. The number of aromatic nitrogens is 4. The average molecular weight is 421 g/mol. The molecular formula is C19H21F2N5O2S. The van der Waals surface area contributed by atoms with Crippen molar-refractivity contribution in [2.24, 2.45) is 5.41 Å². The molecule has 3 aromatic rings. The van der Waals surface area contributed by atoms with Crippen molar-refractivity contribution < 1.29 is 13.9 Å². The molecule has 0 aliphatic carbocycles. The van der Waals surface area contributed by atoms with Crippen LogP contribution in [-0.2, 0) is 5.75 Å². The molecular weight excluding hydrogens is 400 g/mol. The zero-order chi connectivity index (χ0) is 21.0. The van der Waals surface area contributed by atoms with E-state index in [1.54, 1.807) is 0 Å². The Balaban J connectivity index is 1.89. The van der Waals surface area contributed by atoms with Crippen molar-refractivity contribution in [3.05, 3.63) is 51.9 Å². The summed E-state index contributed by atoms with van der Waals surface area (Å²) in [5.41, 5.74) is 0.223. The largest absolute Gasteiger partial charge is 0.396 e. The van der Waals surface area contributed by atoms with Crippen LogP contribution in [0, 0.1) is 17.0 Å². The Hall–Kier alpha value is -2.59. The minimum Gasteiger partial charge on any atom is -0.396 e. The van der Waals surface area contributed by atoms with Gasteiger partial charge >= 0.3 is 0 Å². The number of nitrogens with one attached hydrogen (secondary N) is 2. The lowest BCUT2D eigenvalue weighted by molar-refractivity contribution is 0.220. The third-order valence-corrected chi connectivity index (χ3v) is 5.22. The van der Waals surface area contributed by atoms with Crippen LogP contribution in [0.15, 0.2) is 34.3 Å². The van der Waals surface area contributed by atoms with Gasteiger partial charge in [-0.25, -0.2) is 23.7 Å². The van der Waals surface area contributed by atoms with Gasteiger partial charge in [0.1, 0.15) is 5.52 Å². The van der Waals surface area contributed by atoms with Crippen molar-refractivity contribution in [2.45, 2.75) is 31.2 Å². The molecule has 7 nitrogen and oxygen atoms in total. The molecule has 0 spiro atoms. The highest BCUT2D eigenvalue weighted by Gasteiger charge is 2.19. The summed E-state index contributed by atoms with van der Waals surface area (Å²) in [7, 11) is 0. The lowest BCUT2D eigenvalue weighted by atomic mass is 9.90. The molecule has 3 N–H and O–H groups in total. The van der Waals surface area contributed by atoms with Gasteiger partial charge in [0.05, 0.1) is 6.20 Å². The van der Waals surface area contributed by atoms with Gasteiger partial charge in [-0.1, -0.05) is 37.7 Å². The average Bonchev–Trinajstić information content (AvgIpc) is 2.67. The molecule has 0 unspecified atom stereocenters. The van der Waals surface area contributed by atoms with Gasteiger partial charge in [-0.3, -0.25) is 4.79 Å². The van der Waals surface area contributed by atoms with E-state index in [-0.39, 0.29) is 34.1 Å². The van der Waals surface area contributed by atoms with E-state index in [4.69, 9.17) is 0 Å². The molecule has 0 atom stereocenters. The summed E-state index contributed by atoms with van der Waals surface area (Å²) in [6.45, 7) is 4.56. The Morgan fingerprint density at radius 1 is 1.28 bits per heavy atom. The lowest BCUT2D eigenvalue weighted by Gasteiger charge is -2.24. The first-order valence-corrected chi connectivity index (χ1v) is 9.95. The van der Waals surface area contributed by atoms with Gasteiger partial charge in [-0.2, -0.15) is 0 Å². The van der Waals surface area contributed by atoms with Crippen LogP contribution in [0.3, 0.4) is 0 Å². The molecule has 29 heavy (non-hydrogen) atoms. The number of halogens is 2. The van der Waals surface area contributed by atoms with E-state index in [0.717, 1.165) is 24.0 Å². The van der Waals surface area contributed by atoms with Gasteiger partial charge in [0.15, 0.2) is 28.3 Å². The molecule has 3 rings (SSSR count). The highest BCUT2D eigenvalue weighted by atomic mass is 32.2. The lowest BCUT2D eigenvalue weighted by Crippen LogP contribution is -2.25. The van der Waals surface area contributed by atoms with Crippen LogP contribution in [0.5, 0.6) is 0 Å². The fraction of sp³-hybridized carbons (Fsp3) is 0.368. The van der Waals surface area contributed by atoms with Crippen LogP contribution in [0.1, 0.15) is 25.8 Å². The van der Waals surface area contributed by atoms with Crippen molar-refractivity contribution in [3.63, 3.8) is 0 Å². The SMILES string of the molecule is CC(C)(CCO)CNc1nc(SCc2cccc(F)c2F)nc2[nH]c(=O)cnc12. The Labute approximate surface area is 170 Å². The van der Waals surface area contributed by atoms with Gasteiger partial charge in [0.2, 0.25) is 0 Å². The molecule has 2 heterocycles. The van der Waals surface area contributed by atoms with E-state index < -0.39 is 17.2 Å². The predicted molar refractivity (Wildman–Crippen MR) is 108 cm³/mol. The fourth-order valence-corrected chi connectivity index (χ4v) is 3.44. The summed E-state index contributed by atoms with van der Waals surface area (Å²) in [5, 5.41) is 12.7. The predicted octanol–water partition coefficient (Wildman–Crippen LogP) is 3.10. The Bertz CT molecular complexity index is 1070. The molecule has 0 aliphatic heterocycles. The van der Waals surface area contributed by atoms with Crippen molar-refractivity contribution in [1.82, 2.24) is 19.9 Å². The molecule has 2 aromatic heterocycles. The zero-order valence-electron chi connectivity index (χ0n) is 16.0. The van der Waals surface area contributed by atoms with E-state index in [2.05, 4.69) is 25.3 Å². The van der Waals surface area contributed by atoms with Crippen molar-refractivity contribution in [1.29, 1.82) is 0 Å². The summed E-state index contributed by atoms with van der Waals surface area (Å²) in [5.74, 6) is -1.28. The van der Waals surface area contributed by atoms with Crippen LogP contribution in [0.25, 0.3) is 11.2 Å². The Morgan fingerprint density at radius 2 is 2.07 bits per heavy atom. The van der Waals surface area contributed by atoms with Crippen LogP contribution in [-0.4, -0.2) is 38.2 Å². The number of fused-ring (bicyclic) bond motifs is 1. The second kappa shape index (κ2) is 8.83. The van der Waals surface area contributed by atoms with Crippen LogP contribution in [0.2, 0.25) is 0 Å². The highest BCUT2D eigenvalue weighted by Crippen LogP contribution is 2.27. The third kappa shape index (κ3) is 5.27. The summed E-state index contributed by atoms with van der Waals surface area (Å²) in [6.07, 6.45) is 1.73. The van der Waals surface area contributed by atoms with Crippen molar-refractivity contribution in [3.8, 4) is 0 Å². The molecule has 0 aliphatic rings. The maximum atomic E-state index is 13.9. The standard InChI is InChI=1S/C19H21F2N5O2S/c1-19(2,6-7-27)10-23-16-15-17(24-13(28)8-22-15)26-18(25-16)29-9-11-4-3-5-12(20)14(11)21/h3-5,8,27H,6-7,9-10H2,1-2H3,(H2,23,24,25,26,28). The summed E-state index contributed by atoms with van der Waals surface area (Å²) in [6, 6.07) is 3.99. The van der Waals surface area contributed by atoms with E-state index in [1.165, 1.54) is 12.1 Å². The summed E-state index contributed by atoms with van der Waals surface area (Å²) >= 11 is 1.12. The van der Waals surface area contributed by atoms with E-state index in [0.29, 0.717) is 24.3 Å². The number of thioether (sulfide) groups is 1. The van der Waals surface area contributed by atoms with Gasteiger partial charge in [-0.05, 0) is 17.9 Å². The normalized spacial score (nSPS) is 11.8. The molecule has 0 radical (unpaired) electrons. The van der Waals surface area contributed by atoms with E-state index in [1.807, 2.05) is 13.8 Å². The monoisotopic (exact) mass is 421 g/mol. The zero-order valence-corrected chi connectivity index (χ0v) is 16.8. The molecule has 0 amide bonds. The molecule has 154 valence electrons. The van der Waals surface area contributed by atoms with Crippen molar-refractivity contribution >= 4 is 28.7 Å². The van der Waals surface area contributed by atoms with Gasteiger partial charge < -0.3 is 15.4 Å². The number of nitrogens with zero attached hydrogens (tertiary/aromatic N) is 3. The second-order valence-electron chi connectivity index (χ2n) is 7.29. The first kappa shape index (κ1) is 21.1. The molecule has 10 heteroatoms.